The lowest BCUT2D eigenvalue weighted by Gasteiger charge is -2.36. The normalized spacial score (nSPS) is 20.9. The van der Waals surface area contributed by atoms with E-state index in [1.165, 1.54) is 6.42 Å². The van der Waals surface area contributed by atoms with Crippen molar-refractivity contribution in [1.82, 2.24) is 14.9 Å². The van der Waals surface area contributed by atoms with Gasteiger partial charge in [-0.15, -0.1) is 0 Å². The van der Waals surface area contributed by atoms with E-state index >= 15 is 0 Å². The fourth-order valence-electron chi connectivity index (χ4n) is 3.27. The van der Waals surface area contributed by atoms with E-state index in [4.69, 9.17) is 0 Å². The lowest BCUT2D eigenvalue weighted by Crippen LogP contribution is -2.43. The lowest BCUT2D eigenvalue weighted by molar-refractivity contribution is -0.134. The van der Waals surface area contributed by atoms with Crippen molar-refractivity contribution in [2.24, 2.45) is 5.92 Å². The van der Waals surface area contributed by atoms with Gasteiger partial charge in [0.05, 0.1) is 0 Å². The number of carbonyl (C=O) groups is 1. The van der Waals surface area contributed by atoms with Gasteiger partial charge < -0.3 is 9.80 Å². The zero-order chi connectivity index (χ0) is 14.7. The van der Waals surface area contributed by atoms with Crippen molar-refractivity contribution in [3.63, 3.8) is 0 Å². The Bertz CT molecular complexity index is 497. The molecule has 5 nitrogen and oxygen atoms in total. The average Bonchev–Trinajstić information content (AvgIpc) is 2.50. The topological polar surface area (TPSA) is 49.3 Å². The molecule has 5 heteroatoms. The number of hydrogen-bond donors (Lipinski definition) is 0. The molecule has 1 amide bonds. The van der Waals surface area contributed by atoms with Gasteiger partial charge >= 0.3 is 0 Å². The van der Waals surface area contributed by atoms with Gasteiger partial charge in [0, 0.05) is 44.5 Å². The molecule has 0 saturated carbocycles. The molecule has 0 aliphatic carbocycles. The molecule has 0 N–H and O–H groups in total. The molecule has 2 saturated heterocycles. The van der Waals surface area contributed by atoms with Crippen LogP contribution in [-0.2, 0) is 4.79 Å². The van der Waals surface area contributed by atoms with E-state index in [1.807, 2.05) is 19.2 Å². The summed E-state index contributed by atoms with van der Waals surface area (Å²) in [5.74, 6) is 1.83. The van der Waals surface area contributed by atoms with E-state index in [-0.39, 0.29) is 0 Å². The van der Waals surface area contributed by atoms with Gasteiger partial charge in [0.2, 0.25) is 11.9 Å². The highest BCUT2D eigenvalue weighted by atomic mass is 16.2. The predicted octanol–water partition coefficient (Wildman–Crippen LogP) is 2.01. The van der Waals surface area contributed by atoms with Crippen LogP contribution in [0.4, 0.5) is 5.95 Å². The van der Waals surface area contributed by atoms with Gasteiger partial charge in [0.1, 0.15) is 0 Å². The van der Waals surface area contributed by atoms with Crippen molar-refractivity contribution in [3.8, 4) is 0 Å². The van der Waals surface area contributed by atoms with Gasteiger partial charge in [-0.1, -0.05) is 0 Å². The summed E-state index contributed by atoms with van der Waals surface area (Å²) in [5, 5.41) is 0. The summed E-state index contributed by atoms with van der Waals surface area (Å²) in [5.41, 5.74) is 1.01. The van der Waals surface area contributed by atoms with Crippen LogP contribution in [0.25, 0.3) is 0 Å². The summed E-state index contributed by atoms with van der Waals surface area (Å²) in [6.45, 7) is 5.90. The van der Waals surface area contributed by atoms with E-state index in [2.05, 4.69) is 19.8 Å². The number of rotatable bonds is 3. The standard InChI is InChI=1S/C16H24N4O/c1-13-5-8-17-16(18-13)19-10-6-14(7-11-19)12-20-9-3-2-4-15(20)21/h5,8,14H,2-4,6-7,9-12H2,1H3. The molecule has 0 bridgehead atoms. The lowest BCUT2D eigenvalue weighted by atomic mass is 9.95. The highest BCUT2D eigenvalue weighted by molar-refractivity contribution is 5.76. The smallest absolute Gasteiger partial charge is 0.225 e. The fraction of sp³-hybridized carbons (Fsp3) is 0.688. The van der Waals surface area contributed by atoms with Crippen LogP contribution >= 0.6 is 0 Å². The molecule has 0 spiro atoms. The number of carbonyl (C=O) groups excluding carboxylic acids is 1. The van der Waals surface area contributed by atoms with E-state index in [1.54, 1.807) is 0 Å². The maximum absolute atomic E-state index is 11.9. The summed E-state index contributed by atoms with van der Waals surface area (Å²) in [6, 6.07) is 1.93. The molecule has 114 valence electrons. The summed E-state index contributed by atoms with van der Waals surface area (Å²) >= 11 is 0. The zero-order valence-corrected chi connectivity index (χ0v) is 12.8. The number of amides is 1. The number of likely N-dealkylation sites (tertiary alicyclic amines) is 1. The Morgan fingerprint density at radius 1 is 1.24 bits per heavy atom. The summed E-state index contributed by atoms with van der Waals surface area (Å²) in [7, 11) is 0. The van der Waals surface area contributed by atoms with Crippen LogP contribution in [0, 0.1) is 12.8 Å². The second kappa shape index (κ2) is 6.41. The third kappa shape index (κ3) is 3.52. The van der Waals surface area contributed by atoms with Gasteiger partial charge in [-0.2, -0.15) is 0 Å². The molecule has 2 aliphatic rings. The van der Waals surface area contributed by atoms with Gasteiger partial charge in [-0.05, 0) is 44.6 Å². The molecule has 3 heterocycles. The number of anilines is 1. The molecule has 0 aromatic carbocycles. The molecule has 1 aromatic heterocycles. The van der Waals surface area contributed by atoms with Gasteiger partial charge in [0.15, 0.2) is 0 Å². The Hall–Kier alpha value is -1.65. The third-order valence-electron chi connectivity index (χ3n) is 4.58. The van der Waals surface area contributed by atoms with E-state index in [9.17, 15) is 4.79 Å². The van der Waals surface area contributed by atoms with Crippen molar-refractivity contribution < 1.29 is 4.79 Å². The average molecular weight is 288 g/mol. The molecule has 21 heavy (non-hydrogen) atoms. The van der Waals surface area contributed by atoms with Gasteiger partial charge in [-0.25, -0.2) is 9.97 Å². The Kier molecular flexibility index (Phi) is 4.36. The van der Waals surface area contributed by atoms with E-state index < -0.39 is 0 Å². The van der Waals surface area contributed by atoms with Crippen molar-refractivity contribution in [1.29, 1.82) is 0 Å². The summed E-state index contributed by atoms with van der Waals surface area (Å²) < 4.78 is 0. The van der Waals surface area contributed by atoms with Crippen molar-refractivity contribution in [3.05, 3.63) is 18.0 Å². The summed E-state index contributed by atoms with van der Waals surface area (Å²) in [6.07, 6.45) is 7.06. The maximum atomic E-state index is 11.9. The van der Waals surface area contributed by atoms with Crippen LogP contribution in [-0.4, -0.2) is 47.0 Å². The largest absolute Gasteiger partial charge is 0.342 e. The van der Waals surface area contributed by atoms with Crippen LogP contribution in [0.5, 0.6) is 0 Å². The van der Waals surface area contributed by atoms with Gasteiger partial charge in [0.25, 0.3) is 0 Å². The van der Waals surface area contributed by atoms with Crippen LogP contribution < -0.4 is 4.90 Å². The Morgan fingerprint density at radius 2 is 2.05 bits per heavy atom. The first kappa shape index (κ1) is 14.3. The van der Waals surface area contributed by atoms with Crippen molar-refractivity contribution >= 4 is 11.9 Å². The highest BCUT2D eigenvalue weighted by Crippen LogP contribution is 2.23. The second-order valence-corrected chi connectivity index (χ2v) is 6.23. The predicted molar refractivity (Wildman–Crippen MR) is 82.1 cm³/mol. The Labute approximate surface area is 126 Å². The monoisotopic (exact) mass is 288 g/mol. The fourth-order valence-corrected chi connectivity index (χ4v) is 3.27. The minimum Gasteiger partial charge on any atom is -0.342 e. The molecule has 0 unspecified atom stereocenters. The van der Waals surface area contributed by atoms with Gasteiger partial charge in [-0.3, -0.25) is 4.79 Å². The molecule has 2 aliphatic heterocycles. The first-order valence-electron chi connectivity index (χ1n) is 8.05. The molecular formula is C16H24N4O. The van der Waals surface area contributed by atoms with Crippen LogP contribution in [0.15, 0.2) is 12.3 Å². The maximum Gasteiger partial charge on any atom is 0.225 e. The van der Waals surface area contributed by atoms with Crippen LogP contribution in [0.1, 0.15) is 37.8 Å². The minimum absolute atomic E-state index is 0.352. The first-order chi connectivity index (χ1) is 10.2. The molecule has 0 atom stereocenters. The quantitative estimate of drug-likeness (QED) is 0.854. The molecular weight excluding hydrogens is 264 g/mol. The number of aryl methyl sites for hydroxylation is 1. The van der Waals surface area contributed by atoms with Crippen molar-refractivity contribution in [2.45, 2.75) is 39.0 Å². The van der Waals surface area contributed by atoms with Crippen molar-refractivity contribution in [2.75, 3.05) is 31.1 Å². The van der Waals surface area contributed by atoms with E-state index in [0.29, 0.717) is 11.8 Å². The SMILES string of the molecule is Cc1ccnc(N2CCC(CN3CCCCC3=O)CC2)n1. The molecule has 0 radical (unpaired) electrons. The first-order valence-corrected chi connectivity index (χ1v) is 8.05. The number of aromatic nitrogens is 2. The summed E-state index contributed by atoms with van der Waals surface area (Å²) in [4.78, 5) is 25.1. The number of nitrogens with zero attached hydrogens (tertiary/aromatic N) is 4. The zero-order valence-electron chi connectivity index (χ0n) is 12.8. The second-order valence-electron chi connectivity index (χ2n) is 6.23. The highest BCUT2D eigenvalue weighted by Gasteiger charge is 2.25. The van der Waals surface area contributed by atoms with Crippen LogP contribution in [0.2, 0.25) is 0 Å². The van der Waals surface area contributed by atoms with E-state index in [0.717, 1.165) is 63.5 Å². The third-order valence-corrected chi connectivity index (χ3v) is 4.58. The molecule has 3 rings (SSSR count). The number of piperidine rings is 2. The Morgan fingerprint density at radius 3 is 2.76 bits per heavy atom. The van der Waals surface area contributed by atoms with Crippen LogP contribution in [0.3, 0.4) is 0 Å². The Balaban J connectivity index is 1.52. The minimum atomic E-state index is 0.352. The molecule has 1 aromatic rings. The number of hydrogen-bond acceptors (Lipinski definition) is 4. The molecule has 2 fully saturated rings.